The second-order valence-electron chi connectivity index (χ2n) is 4.99. The number of ether oxygens (including phenoxy) is 3. The summed E-state index contributed by atoms with van der Waals surface area (Å²) in [6.45, 7) is 7.82. The van der Waals surface area contributed by atoms with E-state index in [9.17, 15) is 0 Å². The summed E-state index contributed by atoms with van der Waals surface area (Å²) in [7, 11) is 0. The van der Waals surface area contributed by atoms with E-state index in [-0.39, 0.29) is 17.8 Å². The Morgan fingerprint density at radius 2 is 1.89 bits per heavy atom. The Hall–Kier alpha value is -1.06. The Kier molecular flexibility index (Phi) is 4.25. The molecule has 3 nitrogen and oxygen atoms in total. The zero-order chi connectivity index (χ0) is 13.0. The van der Waals surface area contributed by atoms with Crippen molar-refractivity contribution in [3.8, 4) is 5.75 Å². The fraction of sp³-hybridized carbons (Fsp3) is 0.600. The molecule has 0 amide bonds. The largest absolute Gasteiger partial charge is 0.465 e. The molecule has 3 heteroatoms. The fourth-order valence-electron chi connectivity index (χ4n) is 2.24. The predicted octanol–water partition coefficient (Wildman–Crippen LogP) is 3.24. The summed E-state index contributed by atoms with van der Waals surface area (Å²) >= 11 is 0. The lowest BCUT2D eigenvalue weighted by Crippen LogP contribution is -2.51. The monoisotopic (exact) mass is 250 g/mol. The van der Waals surface area contributed by atoms with Crippen molar-refractivity contribution in [2.24, 2.45) is 5.41 Å². The van der Waals surface area contributed by atoms with Gasteiger partial charge in [0.15, 0.2) is 6.29 Å². The third kappa shape index (κ3) is 2.85. The van der Waals surface area contributed by atoms with Gasteiger partial charge in [0, 0.05) is 5.41 Å². The Labute approximate surface area is 109 Å². The molecule has 1 aromatic carbocycles. The van der Waals surface area contributed by atoms with Gasteiger partial charge in [0.1, 0.15) is 5.75 Å². The molecule has 1 aromatic rings. The van der Waals surface area contributed by atoms with Crippen LogP contribution in [0, 0.1) is 5.41 Å². The van der Waals surface area contributed by atoms with Gasteiger partial charge in [0.05, 0.1) is 19.3 Å². The SMILES string of the molecule is CCC1(C(C)OC(C)Oc2ccccc2)COC1. The van der Waals surface area contributed by atoms with Crippen LogP contribution in [0.15, 0.2) is 30.3 Å². The molecule has 1 aliphatic heterocycles. The van der Waals surface area contributed by atoms with Crippen molar-refractivity contribution < 1.29 is 14.2 Å². The van der Waals surface area contributed by atoms with E-state index in [1.165, 1.54) is 0 Å². The Bertz CT molecular complexity index is 354. The molecule has 0 saturated carbocycles. The number of para-hydroxylation sites is 1. The lowest BCUT2D eigenvalue weighted by Gasteiger charge is -2.45. The van der Waals surface area contributed by atoms with Crippen molar-refractivity contribution in [3.63, 3.8) is 0 Å². The molecule has 1 aliphatic rings. The highest BCUT2D eigenvalue weighted by Crippen LogP contribution is 2.37. The third-order valence-electron chi connectivity index (χ3n) is 3.79. The van der Waals surface area contributed by atoms with E-state index in [2.05, 4.69) is 13.8 Å². The van der Waals surface area contributed by atoms with Gasteiger partial charge in [-0.1, -0.05) is 25.1 Å². The average molecular weight is 250 g/mol. The zero-order valence-corrected chi connectivity index (χ0v) is 11.4. The standard InChI is InChI=1S/C15H22O3/c1-4-15(10-16-11-15)12(2)17-13(3)18-14-8-6-5-7-9-14/h5-9,12-13H,4,10-11H2,1-3H3. The van der Waals surface area contributed by atoms with E-state index in [4.69, 9.17) is 14.2 Å². The Morgan fingerprint density at radius 3 is 2.39 bits per heavy atom. The first-order valence-electron chi connectivity index (χ1n) is 6.61. The normalized spacial score (nSPS) is 20.8. The summed E-state index contributed by atoms with van der Waals surface area (Å²) in [5.74, 6) is 0.840. The van der Waals surface area contributed by atoms with Crippen LogP contribution in [0.1, 0.15) is 27.2 Å². The lowest BCUT2D eigenvalue weighted by molar-refractivity contribution is -0.219. The first-order chi connectivity index (χ1) is 8.66. The van der Waals surface area contributed by atoms with E-state index in [1.54, 1.807) is 0 Å². The summed E-state index contributed by atoms with van der Waals surface area (Å²) in [5, 5.41) is 0. The summed E-state index contributed by atoms with van der Waals surface area (Å²) in [6, 6.07) is 9.76. The first-order valence-corrected chi connectivity index (χ1v) is 6.61. The van der Waals surface area contributed by atoms with E-state index >= 15 is 0 Å². The van der Waals surface area contributed by atoms with Gasteiger partial charge in [-0.15, -0.1) is 0 Å². The van der Waals surface area contributed by atoms with Gasteiger partial charge >= 0.3 is 0 Å². The molecular formula is C15H22O3. The summed E-state index contributed by atoms with van der Waals surface area (Å²) in [5.41, 5.74) is 0.175. The van der Waals surface area contributed by atoms with Crippen LogP contribution in [-0.4, -0.2) is 25.6 Å². The number of benzene rings is 1. The lowest BCUT2D eigenvalue weighted by atomic mass is 9.78. The molecule has 0 bridgehead atoms. The maximum atomic E-state index is 5.95. The average Bonchev–Trinajstić information content (AvgIpc) is 2.29. The molecule has 2 atom stereocenters. The molecule has 1 heterocycles. The van der Waals surface area contributed by atoms with E-state index in [0.717, 1.165) is 25.4 Å². The molecule has 0 spiro atoms. The Balaban J connectivity index is 1.85. The first kappa shape index (κ1) is 13.4. The molecule has 2 rings (SSSR count). The second-order valence-corrected chi connectivity index (χ2v) is 4.99. The van der Waals surface area contributed by atoms with Crippen molar-refractivity contribution in [2.45, 2.75) is 39.6 Å². The van der Waals surface area contributed by atoms with Gasteiger partial charge in [0.2, 0.25) is 0 Å². The van der Waals surface area contributed by atoms with Gasteiger partial charge in [-0.2, -0.15) is 0 Å². The van der Waals surface area contributed by atoms with Crippen molar-refractivity contribution in [2.75, 3.05) is 13.2 Å². The van der Waals surface area contributed by atoms with E-state index in [1.807, 2.05) is 37.3 Å². The second kappa shape index (κ2) is 5.72. The van der Waals surface area contributed by atoms with Gasteiger partial charge in [-0.05, 0) is 32.4 Å². The van der Waals surface area contributed by atoms with Gasteiger partial charge in [-0.3, -0.25) is 0 Å². The highest BCUT2D eigenvalue weighted by molar-refractivity contribution is 5.20. The molecule has 1 saturated heterocycles. The topological polar surface area (TPSA) is 27.7 Å². The smallest absolute Gasteiger partial charge is 0.197 e. The van der Waals surface area contributed by atoms with Crippen LogP contribution in [0.2, 0.25) is 0 Å². The quantitative estimate of drug-likeness (QED) is 0.725. The minimum absolute atomic E-state index is 0.148. The van der Waals surface area contributed by atoms with Crippen LogP contribution in [-0.2, 0) is 9.47 Å². The molecule has 100 valence electrons. The minimum atomic E-state index is -0.244. The van der Waals surface area contributed by atoms with Crippen LogP contribution in [0.25, 0.3) is 0 Å². The molecule has 18 heavy (non-hydrogen) atoms. The van der Waals surface area contributed by atoms with Crippen molar-refractivity contribution in [1.82, 2.24) is 0 Å². The van der Waals surface area contributed by atoms with Crippen molar-refractivity contribution in [1.29, 1.82) is 0 Å². The predicted molar refractivity (Wildman–Crippen MR) is 70.6 cm³/mol. The minimum Gasteiger partial charge on any atom is -0.465 e. The summed E-state index contributed by atoms with van der Waals surface area (Å²) in [4.78, 5) is 0. The highest BCUT2D eigenvalue weighted by Gasteiger charge is 2.43. The number of hydrogen-bond acceptors (Lipinski definition) is 3. The third-order valence-corrected chi connectivity index (χ3v) is 3.79. The van der Waals surface area contributed by atoms with Gasteiger partial charge < -0.3 is 14.2 Å². The molecule has 2 unspecified atom stereocenters. The van der Waals surface area contributed by atoms with Crippen LogP contribution in [0.4, 0.5) is 0 Å². The maximum Gasteiger partial charge on any atom is 0.197 e. The van der Waals surface area contributed by atoms with Gasteiger partial charge in [0.25, 0.3) is 0 Å². The number of hydrogen-bond donors (Lipinski definition) is 0. The highest BCUT2D eigenvalue weighted by atomic mass is 16.7. The Morgan fingerprint density at radius 1 is 1.22 bits per heavy atom. The molecule has 0 aromatic heterocycles. The molecule has 0 radical (unpaired) electrons. The van der Waals surface area contributed by atoms with Crippen molar-refractivity contribution >= 4 is 0 Å². The summed E-state index contributed by atoms with van der Waals surface area (Å²) in [6.07, 6.45) is 0.980. The van der Waals surface area contributed by atoms with Gasteiger partial charge in [-0.25, -0.2) is 0 Å². The molecule has 1 fully saturated rings. The van der Waals surface area contributed by atoms with Crippen LogP contribution in [0.5, 0.6) is 5.75 Å². The number of rotatable bonds is 6. The van der Waals surface area contributed by atoms with E-state index in [0.29, 0.717) is 0 Å². The zero-order valence-electron chi connectivity index (χ0n) is 11.4. The van der Waals surface area contributed by atoms with E-state index < -0.39 is 0 Å². The van der Waals surface area contributed by atoms with Crippen molar-refractivity contribution in [3.05, 3.63) is 30.3 Å². The van der Waals surface area contributed by atoms with Crippen LogP contribution >= 0.6 is 0 Å². The molecular weight excluding hydrogens is 228 g/mol. The van der Waals surface area contributed by atoms with Crippen LogP contribution in [0.3, 0.4) is 0 Å². The molecule has 0 N–H and O–H groups in total. The van der Waals surface area contributed by atoms with Crippen LogP contribution < -0.4 is 4.74 Å². The fourth-order valence-corrected chi connectivity index (χ4v) is 2.24. The summed E-state index contributed by atoms with van der Waals surface area (Å²) < 4.78 is 17.0. The molecule has 0 aliphatic carbocycles. The maximum absolute atomic E-state index is 5.95.